The molecule has 0 saturated heterocycles. The molecule has 0 spiro atoms. The highest BCUT2D eigenvalue weighted by Crippen LogP contribution is 2.40. The minimum atomic E-state index is -2.96. The first-order valence-corrected chi connectivity index (χ1v) is 8.63. The Morgan fingerprint density at radius 3 is 2.35 bits per heavy atom. The topological polar surface area (TPSA) is 17.1 Å². The number of hydrogen-bond donors (Lipinski definition) is 0. The van der Waals surface area contributed by atoms with Crippen molar-refractivity contribution in [1.82, 2.24) is 0 Å². The van der Waals surface area contributed by atoms with Crippen LogP contribution in [-0.2, 0) is 0 Å². The molecule has 1 aromatic rings. The van der Waals surface area contributed by atoms with Gasteiger partial charge in [0, 0.05) is 12.0 Å². The molecule has 0 unspecified atom stereocenters. The molecule has 1 saturated carbocycles. The molecule has 0 aromatic heterocycles. The van der Waals surface area contributed by atoms with Crippen molar-refractivity contribution in [2.75, 3.05) is 0 Å². The predicted molar refractivity (Wildman–Crippen MR) is 85.6 cm³/mol. The number of carbonyl (C=O) groups excluding carboxylic acids is 1. The van der Waals surface area contributed by atoms with Gasteiger partial charge in [0.1, 0.15) is 5.82 Å². The third-order valence-corrected chi connectivity index (χ3v) is 5.03. The molecule has 1 nitrogen and oxygen atoms in total. The summed E-state index contributed by atoms with van der Waals surface area (Å²) in [6, 6.07) is 2.94. The number of rotatable bonds is 6. The number of hydrogen-bond acceptors (Lipinski definition) is 1. The van der Waals surface area contributed by atoms with Crippen molar-refractivity contribution >= 4 is 5.78 Å². The molecule has 1 aliphatic rings. The zero-order chi connectivity index (χ0) is 17.0. The fourth-order valence-electron chi connectivity index (χ4n) is 3.74. The van der Waals surface area contributed by atoms with Gasteiger partial charge in [-0.3, -0.25) is 4.79 Å². The van der Waals surface area contributed by atoms with Gasteiger partial charge in [-0.1, -0.05) is 38.8 Å². The Balaban J connectivity index is 2.27. The Labute approximate surface area is 136 Å². The molecule has 23 heavy (non-hydrogen) atoms. The lowest BCUT2D eigenvalue weighted by molar-refractivity contribution is 0.0970. The quantitative estimate of drug-likeness (QED) is 0.550. The van der Waals surface area contributed by atoms with Crippen molar-refractivity contribution in [2.45, 2.75) is 71.1 Å². The number of halogens is 3. The van der Waals surface area contributed by atoms with E-state index in [2.05, 4.69) is 6.92 Å². The second-order valence-electron chi connectivity index (χ2n) is 6.51. The highest BCUT2D eigenvalue weighted by molar-refractivity contribution is 5.97. The second-order valence-corrected chi connectivity index (χ2v) is 6.51. The average Bonchev–Trinajstić information content (AvgIpc) is 2.54. The molecule has 0 N–H and O–H groups in total. The van der Waals surface area contributed by atoms with E-state index in [-0.39, 0.29) is 17.9 Å². The van der Waals surface area contributed by atoms with E-state index < -0.39 is 23.6 Å². The molecule has 128 valence electrons. The number of ketones is 1. The normalized spacial score (nSPS) is 21.7. The van der Waals surface area contributed by atoms with E-state index in [1.54, 1.807) is 13.0 Å². The zero-order valence-corrected chi connectivity index (χ0v) is 13.9. The monoisotopic (exact) mass is 326 g/mol. The summed E-state index contributed by atoms with van der Waals surface area (Å²) in [6.45, 7) is 3.75. The minimum absolute atomic E-state index is 0.00798. The Morgan fingerprint density at radius 2 is 1.83 bits per heavy atom. The van der Waals surface area contributed by atoms with Crippen molar-refractivity contribution in [2.24, 2.45) is 5.92 Å². The van der Waals surface area contributed by atoms with E-state index in [1.807, 2.05) is 0 Å². The lowest BCUT2D eigenvalue weighted by atomic mass is 9.76. The SMILES string of the molecule is CCCC1CCC(c2ccc(C(=O)CC)c(C(F)F)c2F)CC1. The first-order valence-electron chi connectivity index (χ1n) is 8.63. The fourth-order valence-corrected chi connectivity index (χ4v) is 3.74. The van der Waals surface area contributed by atoms with Crippen LogP contribution in [0.1, 0.15) is 92.6 Å². The van der Waals surface area contributed by atoms with Crippen molar-refractivity contribution in [3.63, 3.8) is 0 Å². The molecule has 1 fully saturated rings. The molecule has 0 atom stereocenters. The molecule has 1 aromatic carbocycles. The van der Waals surface area contributed by atoms with Crippen molar-refractivity contribution < 1.29 is 18.0 Å². The maximum atomic E-state index is 14.7. The third-order valence-electron chi connectivity index (χ3n) is 5.03. The summed E-state index contributed by atoms with van der Waals surface area (Å²) < 4.78 is 41.3. The van der Waals surface area contributed by atoms with Crippen LogP contribution in [0.2, 0.25) is 0 Å². The van der Waals surface area contributed by atoms with Gasteiger partial charge < -0.3 is 0 Å². The van der Waals surface area contributed by atoms with E-state index in [0.29, 0.717) is 11.5 Å². The molecule has 0 amide bonds. The van der Waals surface area contributed by atoms with Gasteiger partial charge in [-0.25, -0.2) is 13.2 Å². The second kappa shape index (κ2) is 7.98. The van der Waals surface area contributed by atoms with Crippen LogP contribution in [0, 0.1) is 11.7 Å². The van der Waals surface area contributed by atoms with Crippen LogP contribution in [0.15, 0.2) is 12.1 Å². The van der Waals surface area contributed by atoms with Crippen LogP contribution in [0.25, 0.3) is 0 Å². The van der Waals surface area contributed by atoms with E-state index in [4.69, 9.17) is 0 Å². The lowest BCUT2D eigenvalue weighted by Gasteiger charge is -2.29. The number of Topliss-reactive ketones (excluding diaryl/α,β-unsaturated/α-hetero) is 1. The standard InChI is InChI=1S/C19H25F3O/c1-3-5-12-6-8-13(9-7-12)14-10-11-15(16(23)4-2)17(18(14)20)19(21)22/h10-13,19H,3-9H2,1-2H3. The average molecular weight is 326 g/mol. The zero-order valence-electron chi connectivity index (χ0n) is 13.9. The molecule has 0 radical (unpaired) electrons. The Hall–Kier alpha value is -1.32. The highest BCUT2D eigenvalue weighted by atomic mass is 19.3. The van der Waals surface area contributed by atoms with Crippen molar-refractivity contribution in [3.8, 4) is 0 Å². The Morgan fingerprint density at radius 1 is 1.17 bits per heavy atom. The van der Waals surface area contributed by atoms with Crippen LogP contribution in [0.3, 0.4) is 0 Å². The summed E-state index contributed by atoms with van der Waals surface area (Å²) in [5.74, 6) is -0.628. The van der Waals surface area contributed by atoms with Crippen molar-refractivity contribution in [1.29, 1.82) is 0 Å². The van der Waals surface area contributed by atoms with Crippen molar-refractivity contribution in [3.05, 3.63) is 34.6 Å². The smallest absolute Gasteiger partial charge is 0.267 e. The van der Waals surface area contributed by atoms with Gasteiger partial charge in [0.25, 0.3) is 6.43 Å². The third kappa shape index (κ3) is 3.96. The van der Waals surface area contributed by atoms with E-state index in [9.17, 15) is 18.0 Å². The van der Waals surface area contributed by atoms with Crippen LogP contribution >= 0.6 is 0 Å². The molecule has 2 rings (SSSR count). The largest absolute Gasteiger partial charge is 0.294 e. The molecular weight excluding hydrogens is 301 g/mol. The van der Waals surface area contributed by atoms with Crippen LogP contribution in [0.4, 0.5) is 13.2 Å². The molecule has 0 bridgehead atoms. The van der Waals surface area contributed by atoms with Crippen LogP contribution in [0.5, 0.6) is 0 Å². The summed E-state index contributed by atoms with van der Waals surface area (Å²) in [5, 5.41) is 0. The number of alkyl halides is 2. The molecular formula is C19H25F3O. The summed E-state index contributed by atoms with van der Waals surface area (Å²) in [4.78, 5) is 11.8. The summed E-state index contributed by atoms with van der Waals surface area (Å²) in [7, 11) is 0. The van der Waals surface area contributed by atoms with Gasteiger partial charge in [0.05, 0.1) is 5.56 Å². The van der Waals surface area contributed by atoms with Crippen LogP contribution < -0.4 is 0 Å². The highest BCUT2D eigenvalue weighted by Gasteiger charge is 2.29. The fraction of sp³-hybridized carbons (Fsp3) is 0.632. The number of benzene rings is 1. The molecule has 0 heterocycles. The summed E-state index contributed by atoms with van der Waals surface area (Å²) >= 11 is 0. The van der Waals surface area contributed by atoms with Gasteiger partial charge in [-0.2, -0.15) is 0 Å². The van der Waals surface area contributed by atoms with Gasteiger partial charge in [-0.05, 0) is 43.1 Å². The van der Waals surface area contributed by atoms with E-state index >= 15 is 0 Å². The Bertz CT molecular complexity index is 546. The van der Waals surface area contributed by atoms with E-state index in [1.165, 1.54) is 12.5 Å². The van der Waals surface area contributed by atoms with Gasteiger partial charge >= 0.3 is 0 Å². The van der Waals surface area contributed by atoms with Gasteiger partial charge in [-0.15, -0.1) is 0 Å². The van der Waals surface area contributed by atoms with Crippen LogP contribution in [-0.4, -0.2) is 5.78 Å². The first-order chi connectivity index (χ1) is 11.0. The Kier molecular flexibility index (Phi) is 6.25. The molecule has 4 heteroatoms. The molecule has 1 aliphatic carbocycles. The van der Waals surface area contributed by atoms with Gasteiger partial charge in [0.15, 0.2) is 5.78 Å². The number of carbonyl (C=O) groups is 1. The summed E-state index contributed by atoms with van der Waals surface area (Å²) in [5.41, 5.74) is -0.503. The molecule has 0 aliphatic heterocycles. The lowest BCUT2D eigenvalue weighted by Crippen LogP contribution is -2.16. The first kappa shape index (κ1) is 18.0. The van der Waals surface area contributed by atoms with Gasteiger partial charge in [0.2, 0.25) is 0 Å². The predicted octanol–water partition coefficient (Wildman–Crippen LogP) is 6.43. The minimum Gasteiger partial charge on any atom is -0.294 e. The van der Waals surface area contributed by atoms with E-state index in [0.717, 1.165) is 32.1 Å². The maximum absolute atomic E-state index is 14.7. The summed E-state index contributed by atoms with van der Waals surface area (Å²) in [6.07, 6.45) is 3.19. The maximum Gasteiger partial charge on any atom is 0.267 e.